The van der Waals surface area contributed by atoms with Gasteiger partial charge in [-0.15, -0.1) is 24.8 Å². The van der Waals surface area contributed by atoms with Crippen molar-refractivity contribution in [1.29, 1.82) is 0 Å². The number of carbonyl (C=O) groups is 2. The van der Waals surface area contributed by atoms with E-state index in [0.29, 0.717) is 12.1 Å². The second-order valence-corrected chi connectivity index (χ2v) is 7.68. The van der Waals surface area contributed by atoms with Gasteiger partial charge in [-0.2, -0.15) is 5.10 Å². The zero-order chi connectivity index (χ0) is 24.1. The van der Waals surface area contributed by atoms with Crippen molar-refractivity contribution >= 4 is 65.6 Å². The Labute approximate surface area is 218 Å². The number of halogens is 5. The standard InChI is InChI=1S/C22H21ClF2N6O2.2ClH/c1-12(31(2)3)27-14-6-4-5-13(7-14)11-26-22(33)19-10-20(30-29-19)28-21(32)15-8-17(24)18(25)9-16(15)23;;/h4-10H,11H2,1-3H3,(H,26,33)(H2,28,29,30,32);2*1H/b27-12+;;. The molecule has 0 unspecified atom stereocenters. The van der Waals surface area contributed by atoms with Crippen LogP contribution in [0.5, 0.6) is 0 Å². The maximum atomic E-state index is 13.4. The summed E-state index contributed by atoms with van der Waals surface area (Å²) in [6.45, 7) is 2.13. The predicted octanol–water partition coefficient (Wildman–Crippen LogP) is 4.98. The Kier molecular flexibility index (Phi) is 11.1. The predicted molar refractivity (Wildman–Crippen MR) is 136 cm³/mol. The molecule has 1 aromatic heterocycles. The summed E-state index contributed by atoms with van der Waals surface area (Å²) in [5.41, 5.74) is 1.37. The molecule has 3 aromatic rings. The van der Waals surface area contributed by atoms with Gasteiger partial charge in [0.1, 0.15) is 11.7 Å². The third-order valence-corrected chi connectivity index (χ3v) is 4.93. The maximum Gasteiger partial charge on any atom is 0.272 e. The molecule has 0 aliphatic heterocycles. The Balaban J connectivity index is 0.00000306. The van der Waals surface area contributed by atoms with Crippen molar-refractivity contribution in [2.24, 2.45) is 4.99 Å². The Morgan fingerprint density at radius 3 is 2.46 bits per heavy atom. The summed E-state index contributed by atoms with van der Waals surface area (Å²) in [6, 6.07) is 10.1. The lowest BCUT2D eigenvalue weighted by molar-refractivity contribution is 0.0945. The van der Waals surface area contributed by atoms with Gasteiger partial charge in [0, 0.05) is 26.7 Å². The van der Waals surface area contributed by atoms with Crippen molar-refractivity contribution in [3.05, 3.63) is 75.9 Å². The molecule has 8 nitrogen and oxygen atoms in total. The van der Waals surface area contributed by atoms with Crippen LogP contribution in [0.25, 0.3) is 0 Å². The monoisotopic (exact) mass is 546 g/mol. The van der Waals surface area contributed by atoms with E-state index in [2.05, 4.69) is 25.8 Å². The molecule has 0 saturated heterocycles. The van der Waals surface area contributed by atoms with Crippen molar-refractivity contribution in [2.45, 2.75) is 13.5 Å². The highest BCUT2D eigenvalue weighted by Crippen LogP contribution is 2.21. The molecule has 0 atom stereocenters. The Hall–Kier alpha value is -3.21. The summed E-state index contributed by atoms with van der Waals surface area (Å²) in [4.78, 5) is 31.1. The number of amidine groups is 1. The van der Waals surface area contributed by atoms with Crippen molar-refractivity contribution in [3.8, 4) is 0 Å². The fourth-order valence-corrected chi connectivity index (χ4v) is 2.92. The number of H-pyrrole nitrogens is 1. The molecule has 35 heavy (non-hydrogen) atoms. The molecule has 0 radical (unpaired) electrons. The van der Waals surface area contributed by atoms with Crippen molar-refractivity contribution in [2.75, 3.05) is 19.4 Å². The average molecular weight is 548 g/mol. The number of aromatic nitrogens is 2. The minimum absolute atomic E-state index is 0. The lowest BCUT2D eigenvalue weighted by Crippen LogP contribution is -2.23. The highest BCUT2D eigenvalue weighted by atomic mass is 35.5. The van der Waals surface area contributed by atoms with Gasteiger partial charge in [-0.3, -0.25) is 14.7 Å². The number of nitrogens with zero attached hydrogens (tertiary/aromatic N) is 3. The van der Waals surface area contributed by atoms with Crippen LogP contribution in [0.1, 0.15) is 33.3 Å². The number of benzene rings is 2. The van der Waals surface area contributed by atoms with E-state index < -0.39 is 23.4 Å². The number of hydrogen-bond donors (Lipinski definition) is 3. The molecule has 3 N–H and O–H groups in total. The molecule has 0 spiro atoms. The lowest BCUT2D eigenvalue weighted by Gasteiger charge is -2.11. The van der Waals surface area contributed by atoms with Crippen LogP contribution in [0.3, 0.4) is 0 Å². The smallest absolute Gasteiger partial charge is 0.272 e. The third-order valence-electron chi connectivity index (χ3n) is 4.62. The molecule has 0 saturated carbocycles. The maximum absolute atomic E-state index is 13.4. The van der Waals surface area contributed by atoms with E-state index in [0.717, 1.165) is 17.1 Å². The van der Waals surface area contributed by atoms with E-state index in [9.17, 15) is 18.4 Å². The van der Waals surface area contributed by atoms with Crippen LogP contribution in [-0.2, 0) is 6.54 Å². The minimum Gasteiger partial charge on any atom is -0.366 e. The Morgan fingerprint density at radius 1 is 1.09 bits per heavy atom. The first-order valence-corrected chi connectivity index (χ1v) is 10.1. The SMILES string of the molecule is C/C(=N\c1cccc(CNC(=O)c2cc(NC(=O)c3cc(F)c(F)cc3Cl)[nH]n2)c1)N(C)C.Cl.Cl. The fourth-order valence-electron chi connectivity index (χ4n) is 2.68. The van der Waals surface area contributed by atoms with Crippen LogP contribution in [0.15, 0.2) is 47.5 Å². The summed E-state index contributed by atoms with van der Waals surface area (Å²) >= 11 is 5.80. The van der Waals surface area contributed by atoms with Crippen LogP contribution < -0.4 is 10.6 Å². The first-order valence-electron chi connectivity index (χ1n) is 9.75. The van der Waals surface area contributed by atoms with Crippen molar-refractivity contribution < 1.29 is 18.4 Å². The van der Waals surface area contributed by atoms with Gasteiger partial charge in [-0.05, 0) is 36.8 Å². The molecule has 0 bridgehead atoms. The number of amides is 2. The van der Waals surface area contributed by atoms with Gasteiger partial charge in [-0.1, -0.05) is 23.7 Å². The molecule has 0 fully saturated rings. The average Bonchev–Trinajstić information content (AvgIpc) is 3.23. The molecule has 3 rings (SSSR count). The van der Waals surface area contributed by atoms with E-state index >= 15 is 0 Å². The summed E-state index contributed by atoms with van der Waals surface area (Å²) in [7, 11) is 3.80. The number of nitrogens with one attached hydrogen (secondary N) is 3. The van der Waals surface area contributed by atoms with E-state index in [-0.39, 0.29) is 53.5 Å². The van der Waals surface area contributed by atoms with Gasteiger partial charge in [-0.25, -0.2) is 13.8 Å². The summed E-state index contributed by atoms with van der Waals surface area (Å²) in [6.07, 6.45) is 0. The molecule has 188 valence electrons. The summed E-state index contributed by atoms with van der Waals surface area (Å²) in [5.74, 6) is -2.72. The van der Waals surface area contributed by atoms with Gasteiger partial charge in [0.2, 0.25) is 0 Å². The van der Waals surface area contributed by atoms with Gasteiger partial charge in [0.05, 0.1) is 16.3 Å². The summed E-state index contributed by atoms with van der Waals surface area (Å²) in [5, 5.41) is 11.2. The number of aliphatic imine (C=N–C) groups is 1. The first kappa shape index (κ1) is 29.8. The van der Waals surface area contributed by atoms with Gasteiger partial charge >= 0.3 is 0 Å². The van der Waals surface area contributed by atoms with Crippen LogP contribution in [0, 0.1) is 11.6 Å². The lowest BCUT2D eigenvalue weighted by atomic mass is 10.2. The number of rotatable bonds is 6. The molecular weight excluding hydrogens is 525 g/mol. The number of anilines is 1. The number of aromatic amines is 1. The topological polar surface area (TPSA) is 102 Å². The quantitative estimate of drug-likeness (QED) is 0.230. The third kappa shape index (κ3) is 7.91. The largest absolute Gasteiger partial charge is 0.366 e. The van der Waals surface area contributed by atoms with E-state index in [1.165, 1.54) is 6.07 Å². The highest BCUT2D eigenvalue weighted by Gasteiger charge is 2.17. The highest BCUT2D eigenvalue weighted by molar-refractivity contribution is 6.34. The van der Waals surface area contributed by atoms with E-state index in [1.54, 1.807) is 0 Å². The van der Waals surface area contributed by atoms with Crippen LogP contribution in [0.2, 0.25) is 5.02 Å². The van der Waals surface area contributed by atoms with Crippen LogP contribution in [0.4, 0.5) is 20.3 Å². The summed E-state index contributed by atoms with van der Waals surface area (Å²) < 4.78 is 26.6. The minimum atomic E-state index is -1.21. The molecule has 2 amide bonds. The van der Waals surface area contributed by atoms with Crippen molar-refractivity contribution in [3.63, 3.8) is 0 Å². The number of hydrogen-bond acceptors (Lipinski definition) is 4. The van der Waals surface area contributed by atoms with Gasteiger partial charge in [0.25, 0.3) is 11.8 Å². The van der Waals surface area contributed by atoms with Crippen LogP contribution >= 0.6 is 36.4 Å². The zero-order valence-electron chi connectivity index (χ0n) is 18.9. The zero-order valence-corrected chi connectivity index (χ0v) is 21.2. The van der Waals surface area contributed by atoms with Crippen molar-refractivity contribution in [1.82, 2.24) is 20.4 Å². The van der Waals surface area contributed by atoms with Crippen LogP contribution in [-0.4, -0.2) is 46.8 Å². The van der Waals surface area contributed by atoms with E-state index in [4.69, 9.17) is 11.6 Å². The second kappa shape index (κ2) is 13.0. The first-order chi connectivity index (χ1) is 15.6. The molecule has 2 aromatic carbocycles. The molecule has 0 aliphatic carbocycles. The normalized spacial score (nSPS) is 10.6. The molecule has 13 heteroatoms. The molecule has 0 aliphatic rings. The fraction of sp³-hybridized carbons (Fsp3) is 0.182. The van der Waals surface area contributed by atoms with E-state index in [1.807, 2.05) is 50.2 Å². The molecular formula is C22H23Cl3F2N6O2. The number of carbonyl (C=O) groups excluding carboxylic acids is 2. The second-order valence-electron chi connectivity index (χ2n) is 7.27. The Morgan fingerprint density at radius 2 is 1.77 bits per heavy atom. The van der Waals surface area contributed by atoms with Gasteiger partial charge < -0.3 is 15.5 Å². The molecule has 1 heterocycles. The van der Waals surface area contributed by atoms with Gasteiger partial charge in [0.15, 0.2) is 17.3 Å². The Bertz CT molecular complexity index is 1230.